The normalized spacial score (nSPS) is 12.7. The monoisotopic (exact) mass is 197 g/mol. The first-order valence-electron chi connectivity index (χ1n) is 4.40. The van der Waals surface area contributed by atoms with Crippen LogP contribution in [0, 0.1) is 0 Å². The van der Waals surface area contributed by atoms with Crippen LogP contribution < -0.4 is 11.5 Å². The predicted octanol–water partition coefficient (Wildman–Crippen LogP) is 0.00350. The summed E-state index contributed by atoms with van der Waals surface area (Å²) in [5, 5.41) is 0. The molecule has 1 aromatic heterocycles. The number of ether oxygens (including phenoxy) is 1. The Morgan fingerprint density at radius 2 is 1.79 bits per heavy atom. The number of nitrogens with zero attached hydrogens (tertiary/aromatic N) is 3. The zero-order chi connectivity index (χ0) is 10.6. The zero-order valence-electron chi connectivity index (χ0n) is 8.40. The fourth-order valence-corrected chi connectivity index (χ4v) is 1.02. The summed E-state index contributed by atoms with van der Waals surface area (Å²) in [5.74, 6) is 0.939. The van der Waals surface area contributed by atoms with Crippen LogP contribution in [0.5, 0.6) is 0 Å². The molecule has 0 fully saturated rings. The number of nitrogens with two attached hydrogens (primary N) is 2. The molecule has 0 aromatic carbocycles. The number of aryl methyl sites for hydroxylation is 1. The van der Waals surface area contributed by atoms with Gasteiger partial charge in [-0.2, -0.15) is 15.0 Å². The lowest BCUT2D eigenvalue weighted by Crippen LogP contribution is -2.10. The average molecular weight is 197 g/mol. The van der Waals surface area contributed by atoms with Gasteiger partial charge < -0.3 is 16.2 Å². The molecule has 1 atom stereocenters. The Kier molecular flexibility index (Phi) is 3.58. The molecule has 0 spiro atoms. The molecular formula is C8H15N5O. The van der Waals surface area contributed by atoms with E-state index < -0.39 is 0 Å². The van der Waals surface area contributed by atoms with Gasteiger partial charge in [0.25, 0.3) is 0 Å². The largest absolute Gasteiger partial charge is 0.382 e. The van der Waals surface area contributed by atoms with Crippen LogP contribution in [0.3, 0.4) is 0 Å². The third-order valence-corrected chi connectivity index (χ3v) is 1.89. The zero-order valence-corrected chi connectivity index (χ0v) is 8.40. The Bertz CT molecular complexity index is 284. The first kappa shape index (κ1) is 10.6. The fourth-order valence-electron chi connectivity index (χ4n) is 1.02. The number of nitrogen functional groups attached to an aromatic ring is 2. The van der Waals surface area contributed by atoms with Crippen molar-refractivity contribution in [1.82, 2.24) is 15.0 Å². The van der Waals surface area contributed by atoms with Crippen molar-refractivity contribution in [1.29, 1.82) is 0 Å². The van der Waals surface area contributed by atoms with Gasteiger partial charge in [0, 0.05) is 13.5 Å². The molecule has 0 radical (unpaired) electrons. The van der Waals surface area contributed by atoms with Crippen molar-refractivity contribution in [2.24, 2.45) is 0 Å². The van der Waals surface area contributed by atoms with E-state index in [2.05, 4.69) is 15.0 Å². The van der Waals surface area contributed by atoms with Gasteiger partial charge in [0.05, 0.1) is 6.10 Å². The molecule has 0 aliphatic heterocycles. The second-order valence-electron chi connectivity index (χ2n) is 3.05. The van der Waals surface area contributed by atoms with Gasteiger partial charge in [-0.1, -0.05) is 0 Å². The summed E-state index contributed by atoms with van der Waals surface area (Å²) in [4.78, 5) is 11.6. The highest BCUT2D eigenvalue weighted by atomic mass is 16.5. The van der Waals surface area contributed by atoms with Crippen LogP contribution in [0.1, 0.15) is 19.2 Å². The SMILES string of the molecule is COC(C)CCc1nc(N)nc(N)n1. The van der Waals surface area contributed by atoms with E-state index in [0.29, 0.717) is 12.2 Å². The molecule has 0 bridgehead atoms. The molecule has 6 nitrogen and oxygen atoms in total. The first-order chi connectivity index (χ1) is 6.61. The highest BCUT2D eigenvalue weighted by Crippen LogP contribution is 2.04. The fraction of sp³-hybridized carbons (Fsp3) is 0.625. The summed E-state index contributed by atoms with van der Waals surface area (Å²) < 4.78 is 5.10. The topological polar surface area (TPSA) is 99.9 Å². The van der Waals surface area contributed by atoms with E-state index in [1.165, 1.54) is 0 Å². The van der Waals surface area contributed by atoms with Gasteiger partial charge in [0.1, 0.15) is 5.82 Å². The van der Waals surface area contributed by atoms with Crippen molar-refractivity contribution in [2.45, 2.75) is 25.9 Å². The summed E-state index contributed by atoms with van der Waals surface area (Å²) in [7, 11) is 1.67. The smallest absolute Gasteiger partial charge is 0.225 e. The molecule has 0 saturated carbocycles. The molecule has 1 heterocycles. The molecule has 1 rings (SSSR count). The molecule has 14 heavy (non-hydrogen) atoms. The Morgan fingerprint density at radius 1 is 1.21 bits per heavy atom. The second kappa shape index (κ2) is 4.71. The van der Waals surface area contributed by atoms with Gasteiger partial charge in [0.2, 0.25) is 11.9 Å². The van der Waals surface area contributed by atoms with Gasteiger partial charge >= 0.3 is 0 Å². The van der Waals surface area contributed by atoms with Crippen molar-refractivity contribution < 1.29 is 4.74 Å². The van der Waals surface area contributed by atoms with E-state index >= 15 is 0 Å². The third-order valence-electron chi connectivity index (χ3n) is 1.89. The lowest BCUT2D eigenvalue weighted by molar-refractivity contribution is 0.111. The van der Waals surface area contributed by atoms with Crippen LogP contribution >= 0.6 is 0 Å². The van der Waals surface area contributed by atoms with Gasteiger partial charge in [-0.05, 0) is 13.3 Å². The summed E-state index contributed by atoms with van der Waals surface area (Å²) in [6.45, 7) is 1.98. The molecule has 78 valence electrons. The minimum atomic E-state index is 0.164. The van der Waals surface area contributed by atoms with Crippen LogP contribution in [-0.2, 0) is 11.2 Å². The number of rotatable bonds is 4. The van der Waals surface area contributed by atoms with E-state index in [9.17, 15) is 0 Å². The van der Waals surface area contributed by atoms with Crippen LogP contribution in [0.4, 0.5) is 11.9 Å². The molecule has 0 aliphatic carbocycles. The van der Waals surface area contributed by atoms with Crippen LogP contribution in [-0.4, -0.2) is 28.2 Å². The summed E-state index contributed by atoms with van der Waals surface area (Å²) in [5.41, 5.74) is 10.8. The molecule has 0 aliphatic rings. The van der Waals surface area contributed by atoms with Gasteiger partial charge in [-0.25, -0.2) is 0 Å². The van der Waals surface area contributed by atoms with E-state index in [1.54, 1.807) is 7.11 Å². The Morgan fingerprint density at radius 3 is 2.29 bits per heavy atom. The quantitative estimate of drug-likeness (QED) is 0.704. The predicted molar refractivity (Wildman–Crippen MR) is 53.4 cm³/mol. The number of hydrogen-bond donors (Lipinski definition) is 2. The first-order valence-corrected chi connectivity index (χ1v) is 4.40. The number of anilines is 2. The minimum absolute atomic E-state index is 0.164. The van der Waals surface area contributed by atoms with Crippen molar-refractivity contribution in [3.8, 4) is 0 Å². The molecule has 1 unspecified atom stereocenters. The van der Waals surface area contributed by atoms with E-state index in [-0.39, 0.29) is 18.0 Å². The lowest BCUT2D eigenvalue weighted by Gasteiger charge is -2.08. The standard InChI is InChI=1S/C8H15N5O/c1-5(14-2)3-4-6-11-7(9)13-8(10)12-6/h5H,3-4H2,1-2H3,(H4,9,10,11,12,13). The Balaban J connectivity index is 2.58. The molecule has 0 saturated heterocycles. The maximum Gasteiger partial charge on any atom is 0.225 e. The molecule has 4 N–H and O–H groups in total. The summed E-state index contributed by atoms with van der Waals surface area (Å²) in [6, 6.07) is 0. The number of aromatic nitrogens is 3. The molecular weight excluding hydrogens is 182 g/mol. The highest BCUT2D eigenvalue weighted by molar-refractivity contribution is 5.25. The third kappa shape index (κ3) is 3.14. The second-order valence-corrected chi connectivity index (χ2v) is 3.05. The molecule has 0 amide bonds. The van der Waals surface area contributed by atoms with Crippen LogP contribution in [0.2, 0.25) is 0 Å². The summed E-state index contributed by atoms with van der Waals surface area (Å²) in [6.07, 6.45) is 1.69. The van der Waals surface area contributed by atoms with Crippen molar-refractivity contribution in [3.05, 3.63) is 5.82 Å². The van der Waals surface area contributed by atoms with Gasteiger partial charge in [0.15, 0.2) is 0 Å². The van der Waals surface area contributed by atoms with E-state index in [0.717, 1.165) is 6.42 Å². The van der Waals surface area contributed by atoms with Crippen molar-refractivity contribution in [3.63, 3.8) is 0 Å². The number of methoxy groups -OCH3 is 1. The maximum absolute atomic E-state index is 5.42. The van der Waals surface area contributed by atoms with Crippen LogP contribution in [0.25, 0.3) is 0 Å². The lowest BCUT2D eigenvalue weighted by atomic mass is 10.2. The summed E-state index contributed by atoms with van der Waals surface area (Å²) >= 11 is 0. The molecule has 1 aromatic rings. The Labute approximate surface area is 82.7 Å². The van der Waals surface area contributed by atoms with Crippen LogP contribution in [0.15, 0.2) is 0 Å². The maximum atomic E-state index is 5.42. The number of hydrogen-bond acceptors (Lipinski definition) is 6. The van der Waals surface area contributed by atoms with Crippen molar-refractivity contribution in [2.75, 3.05) is 18.6 Å². The van der Waals surface area contributed by atoms with Gasteiger partial charge in [-0.15, -0.1) is 0 Å². The van der Waals surface area contributed by atoms with Gasteiger partial charge in [-0.3, -0.25) is 0 Å². The van der Waals surface area contributed by atoms with E-state index in [1.807, 2.05) is 6.92 Å². The highest BCUT2D eigenvalue weighted by Gasteiger charge is 2.05. The molecule has 6 heteroatoms. The van der Waals surface area contributed by atoms with Crippen molar-refractivity contribution >= 4 is 11.9 Å². The minimum Gasteiger partial charge on any atom is -0.382 e. The average Bonchev–Trinajstić information content (AvgIpc) is 2.12. The van der Waals surface area contributed by atoms with E-state index in [4.69, 9.17) is 16.2 Å². The Hall–Kier alpha value is -1.43.